The van der Waals surface area contributed by atoms with Gasteiger partial charge in [-0.05, 0) is 18.2 Å². The van der Waals surface area contributed by atoms with Gasteiger partial charge < -0.3 is 15.9 Å². The van der Waals surface area contributed by atoms with Crippen LogP contribution in [0.3, 0.4) is 0 Å². The van der Waals surface area contributed by atoms with E-state index < -0.39 is 11.9 Å². The molecule has 19 heavy (non-hydrogen) atoms. The van der Waals surface area contributed by atoms with Crippen LogP contribution in [0.1, 0.15) is 16.1 Å². The van der Waals surface area contributed by atoms with Crippen molar-refractivity contribution in [1.82, 2.24) is 0 Å². The quantitative estimate of drug-likeness (QED) is 0.781. The molecule has 0 radical (unpaired) electrons. The van der Waals surface area contributed by atoms with Crippen molar-refractivity contribution in [3.63, 3.8) is 0 Å². The lowest BCUT2D eigenvalue weighted by Gasteiger charge is -1.98. The lowest BCUT2D eigenvalue weighted by molar-refractivity contribution is 0.100. The molecule has 7 nitrogen and oxygen atoms in total. The zero-order valence-corrected chi connectivity index (χ0v) is 10.3. The predicted molar refractivity (Wildman–Crippen MR) is 68.5 cm³/mol. The van der Waals surface area contributed by atoms with Gasteiger partial charge in [-0.1, -0.05) is 0 Å². The van der Waals surface area contributed by atoms with Gasteiger partial charge in [0.05, 0.1) is 10.4 Å². The third kappa shape index (κ3) is 2.56. The van der Waals surface area contributed by atoms with E-state index >= 15 is 0 Å². The molecule has 0 saturated heterocycles. The number of anilines is 1. The molecule has 0 saturated carbocycles. The van der Waals surface area contributed by atoms with E-state index in [1.165, 1.54) is 12.1 Å². The molecular formula is C11H8N4O3S. The standard InChI is InChI=1S/C11H8N4O3S/c12-4-5-1-2-7(18-5)8-3-6(9(13)16)10(19-8)15-11(14)17/h1-3H,(H2,13,16)(H3,14,15,17). The number of urea groups is 1. The molecule has 0 atom stereocenters. The molecule has 0 fully saturated rings. The summed E-state index contributed by atoms with van der Waals surface area (Å²) < 4.78 is 5.23. The molecule has 0 aromatic carbocycles. The number of nitrogens with zero attached hydrogens (tertiary/aromatic N) is 1. The van der Waals surface area contributed by atoms with E-state index in [0.29, 0.717) is 10.6 Å². The van der Waals surface area contributed by atoms with Gasteiger partial charge in [-0.15, -0.1) is 11.3 Å². The van der Waals surface area contributed by atoms with Crippen molar-refractivity contribution >= 4 is 28.3 Å². The summed E-state index contributed by atoms with van der Waals surface area (Å²) >= 11 is 1.08. The maximum absolute atomic E-state index is 11.3. The Labute approximate surface area is 111 Å². The van der Waals surface area contributed by atoms with Gasteiger partial charge >= 0.3 is 6.03 Å². The Balaban J connectivity index is 2.45. The summed E-state index contributed by atoms with van der Waals surface area (Å²) in [7, 11) is 0. The monoisotopic (exact) mass is 276 g/mol. The van der Waals surface area contributed by atoms with E-state index in [1.807, 2.05) is 6.07 Å². The van der Waals surface area contributed by atoms with Crippen LogP contribution in [-0.2, 0) is 0 Å². The van der Waals surface area contributed by atoms with E-state index in [0.717, 1.165) is 11.3 Å². The number of primary amides is 2. The molecule has 0 bridgehead atoms. The normalized spacial score (nSPS) is 9.84. The van der Waals surface area contributed by atoms with Gasteiger partial charge in [0.15, 0.2) is 0 Å². The molecule has 3 amide bonds. The van der Waals surface area contributed by atoms with Crippen molar-refractivity contribution in [2.24, 2.45) is 11.5 Å². The van der Waals surface area contributed by atoms with E-state index in [4.69, 9.17) is 21.1 Å². The Kier molecular flexibility index (Phi) is 3.22. The molecule has 8 heteroatoms. The first-order valence-electron chi connectivity index (χ1n) is 5.01. The molecule has 96 valence electrons. The maximum atomic E-state index is 11.3. The highest BCUT2D eigenvalue weighted by Gasteiger charge is 2.17. The molecule has 0 aliphatic carbocycles. The summed E-state index contributed by atoms with van der Waals surface area (Å²) in [4.78, 5) is 22.7. The van der Waals surface area contributed by atoms with Gasteiger partial charge in [0.25, 0.3) is 5.91 Å². The lowest BCUT2D eigenvalue weighted by Crippen LogP contribution is -2.21. The average Bonchev–Trinajstić information content (AvgIpc) is 2.93. The fourth-order valence-corrected chi connectivity index (χ4v) is 2.46. The summed E-state index contributed by atoms with van der Waals surface area (Å²) in [6.07, 6.45) is 0. The molecule has 0 spiro atoms. The van der Waals surface area contributed by atoms with Gasteiger partial charge in [-0.3, -0.25) is 10.1 Å². The maximum Gasteiger partial charge on any atom is 0.317 e. The second-order valence-electron chi connectivity index (χ2n) is 3.48. The van der Waals surface area contributed by atoms with Crippen molar-refractivity contribution in [2.75, 3.05) is 5.32 Å². The van der Waals surface area contributed by atoms with Crippen LogP contribution in [0.15, 0.2) is 22.6 Å². The number of carbonyl (C=O) groups excluding carboxylic acids is 2. The Morgan fingerprint density at radius 2 is 2.11 bits per heavy atom. The third-order valence-electron chi connectivity index (χ3n) is 2.19. The molecule has 0 unspecified atom stereocenters. The summed E-state index contributed by atoms with van der Waals surface area (Å²) in [5.41, 5.74) is 10.3. The summed E-state index contributed by atoms with van der Waals surface area (Å²) in [6, 6.07) is 5.61. The van der Waals surface area contributed by atoms with Crippen LogP contribution in [0.4, 0.5) is 9.80 Å². The van der Waals surface area contributed by atoms with Crippen molar-refractivity contribution < 1.29 is 14.0 Å². The van der Waals surface area contributed by atoms with E-state index in [-0.39, 0.29) is 16.3 Å². The van der Waals surface area contributed by atoms with Gasteiger partial charge in [0.2, 0.25) is 5.76 Å². The number of nitriles is 1. The van der Waals surface area contributed by atoms with Crippen LogP contribution in [-0.4, -0.2) is 11.9 Å². The SMILES string of the molecule is N#Cc1ccc(-c2cc(C(N)=O)c(NC(N)=O)s2)o1. The number of thiophene rings is 1. The molecule has 0 aliphatic heterocycles. The molecular weight excluding hydrogens is 268 g/mol. The smallest absolute Gasteiger partial charge is 0.317 e. The number of hydrogen-bond acceptors (Lipinski definition) is 5. The first-order valence-corrected chi connectivity index (χ1v) is 5.83. The molecule has 2 rings (SSSR count). The number of carbonyl (C=O) groups is 2. The Morgan fingerprint density at radius 3 is 2.63 bits per heavy atom. The van der Waals surface area contributed by atoms with Gasteiger partial charge in [-0.25, -0.2) is 4.79 Å². The first-order chi connectivity index (χ1) is 9.01. The first kappa shape index (κ1) is 12.7. The van der Waals surface area contributed by atoms with Gasteiger partial charge in [0.1, 0.15) is 16.8 Å². The third-order valence-corrected chi connectivity index (χ3v) is 3.26. The van der Waals surface area contributed by atoms with Crippen molar-refractivity contribution in [3.8, 4) is 16.7 Å². The van der Waals surface area contributed by atoms with Crippen molar-refractivity contribution in [3.05, 3.63) is 29.5 Å². The molecule has 2 aromatic rings. The number of rotatable bonds is 3. The summed E-state index contributed by atoms with van der Waals surface area (Å²) in [5, 5.41) is 11.2. The highest BCUT2D eigenvalue weighted by molar-refractivity contribution is 7.20. The molecule has 2 heterocycles. The average molecular weight is 276 g/mol. The zero-order chi connectivity index (χ0) is 14.0. The van der Waals surface area contributed by atoms with Crippen LogP contribution in [0.2, 0.25) is 0 Å². The van der Waals surface area contributed by atoms with Gasteiger partial charge in [-0.2, -0.15) is 5.26 Å². The van der Waals surface area contributed by atoms with Crippen LogP contribution in [0, 0.1) is 11.3 Å². The van der Waals surface area contributed by atoms with Gasteiger partial charge in [0, 0.05) is 0 Å². The minimum atomic E-state index is -0.798. The number of nitrogens with one attached hydrogen (secondary N) is 1. The number of amides is 3. The second-order valence-corrected chi connectivity index (χ2v) is 4.53. The zero-order valence-electron chi connectivity index (χ0n) is 9.47. The topological polar surface area (TPSA) is 135 Å². The highest BCUT2D eigenvalue weighted by Crippen LogP contribution is 2.36. The van der Waals surface area contributed by atoms with E-state index in [9.17, 15) is 9.59 Å². The Hall–Kier alpha value is -2.79. The Morgan fingerprint density at radius 1 is 1.37 bits per heavy atom. The predicted octanol–water partition coefficient (Wildman–Crippen LogP) is 1.47. The van der Waals surface area contributed by atoms with Crippen molar-refractivity contribution in [1.29, 1.82) is 5.26 Å². The molecule has 5 N–H and O–H groups in total. The number of nitrogens with two attached hydrogens (primary N) is 2. The van der Waals surface area contributed by atoms with E-state index in [1.54, 1.807) is 6.07 Å². The summed E-state index contributed by atoms with van der Waals surface area (Å²) in [6.45, 7) is 0. The highest BCUT2D eigenvalue weighted by atomic mass is 32.1. The lowest BCUT2D eigenvalue weighted by atomic mass is 10.2. The second kappa shape index (κ2) is 4.83. The molecule has 2 aromatic heterocycles. The minimum Gasteiger partial charge on any atom is -0.445 e. The molecule has 0 aliphatic rings. The fraction of sp³-hybridized carbons (Fsp3) is 0. The van der Waals surface area contributed by atoms with Crippen LogP contribution in [0.5, 0.6) is 0 Å². The van der Waals surface area contributed by atoms with E-state index in [2.05, 4.69) is 5.32 Å². The van der Waals surface area contributed by atoms with Crippen molar-refractivity contribution in [2.45, 2.75) is 0 Å². The number of hydrogen-bond donors (Lipinski definition) is 3. The van der Waals surface area contributed by atoms with Crippen LogP contribution >= 0.6 is 11.3 Å². The van der Waals surface area contributed by atoms with Crippen LogP contribution in [0.25, 0.3) is 10.6 Å². The fourth-order valence-electron chi connectivity index (χ4n) is 1.43. The summed E-state index contributed by atoms with van der Waals surface area (Å²) in [5.74, 6) is -0.145. The Bertz CT molecular complexity index is 695. The minimum absolute atomic E-state index is 0.133. The largest absolute Gasteiger partial charge is 0.445 e. The number of furan rings is 1. The van der Waals surface area contributed by atoms with Crippen LogP contribution < -0.4 is 16.8 Å².